The smallest absolute Gasteiger partial charge is 0.264 e. The lowest BCUT2D eigenvalue weighted by atomic mass is 10.1. The lowest BCUT2D eigenvalue weighted by Crippen LogP contribution is -2.40. The quantitative estimate of drug-likeness (QED) is 0.171. The highest BCUT2D eigenvalue weighted by atomic mass is 32.2. The third-order valence-corrected chi connectivity index (χ3v) is 8.33. The average molecular weight is 615 g/mol. The molecule has 0 atom stereocenters. The van der Waals surface area contributed by atoms with Crippen molar-refractivity contribution in [3.05, 3.63) is 113 Å². The molecule has 4 aromatic carbocycles. The number of methoxy groups -OCH3 is 1. The van der Waals surface area contributed by atoms with Gasteiger partial charge < -0.3 is 14.8 Å². The summed E-state index contributed by atoms with van der Waals surface area (Å²) in [5.41, 5.74) is 6.60. The molecule has 0 aliphatic rings. The van der Waals surface area contributed by atoms with Crippen molar-refractivity contribution < 1.29 is 27.5 Å². The predicted octanol–water partition coefficient (Wildman–Crippen LogP) is 4.98. The second-order valence-corrected chi connectivity index (χ2v) is 11.9. The van der Waals surface area contributed by atoms with Crippen molar-refractivity contribution in [3.8, 4) is 11.5 Å². The number of rotatable bonds is 12. The SMILES string of the molecule is COc1ccc(NC(=O)COc2ccc(/C=N\NC(=O)CN(c3cc(C)ccc3C)S(=O)(=O)c3ccc(C)cc3)cc2)cc1. The highest BCUT2D eigenvalue weighted by Crippen LogP contribution is 2.28. The Morgan fingerprint density at radius 2 is 1.45 bits per heavy atom. The maximum Gasteiger partial charge on any atom is 0.264 e. The number of sulfonamides is 1. The largest absolute Gasteiger partial charge is 0.497 e. The van der Waals surface area contributed by atoms with Gasteiger partial charge in [0.1, 0.15) is 18.0 Å². The molecule has 4 rings (SSSR count). The van der Waals surface area contributed by atoms with Crippen LogP contribution in [0.25, 0.3) is 0 Å². The number of nitrogens with one attached hydrogen (secondary N) is 2. The van der Waals surface area contributed by atoms with Gasteiger partial charge in [-0.1, -0.05) is 29.8 Å². The summed E-state index contributed by atoms with van der Waals surface area (Å²) >= 11 is 0. The maximum atomic E-state index is 13.6. The zero-order valence-electron chi connectivity index (χ0n) is 24.9. The molecule has 0 saturated carbocycles. The normalized spacial score (nSPS) is 11.2. The molecule has 0 unspecified atom stereocenters. The highest BCUT2D eigenvalue weighted by Gasteiger charge is 2.28. The number of anilines is 2. The van der Waals surface area contributed by atoms with Gasteiger partial charge in [-0.3, -0.25) is 13.9 Å². The molecule has 0 aliphatic heterocycles. The highest BCUT2D eigenvalue weighted by molar-refractivity contribution is 7.92. The van der Waals surface area contributed by atoms with Crippen LogP contribution in [-0.2, 0) is 19.6 Å². The van der Waals surface area contributed by atoms with E-state index in [4.69, 9.17) is 9.47 Å². The molecule has 4 aromatic rings. The molecule has 2 amide bonds. The van der Waals surface area contributed by atoms with E-state index in [9.17, 15) is 18.0 Å². The van der Waals surface area contributed by atoms with E-state index in [1.807, 2.05) is 26.0 Å². The van der Waals surface area contributed by atoms with Crippen LogP contribution in [0, 0.1) is 20.8 Å². The number of carbonyl (C=O) groups is 2. The number of amides is 2. The van der Waals surface area contributed by atoms with Crippen molar-refractivity contribution in [2.75, 3.05) is 29.9 Å². The topological polar surface area (TPSA) is 126 Å². The summed E-state index contributed by atoms with van der Waals surface area (Å²) in [5, 5.41) is 6.74. The number of ether oxygens (including phenoxy) is 2. The molecule has 0 radical (unpaired) electrons. The molecule has 2 N–H and O–H groups in total. The van der Waals surface area contributed by atoms with Gasteiger partial charge in [-0.2, -0.15) is 5.10 Å². The van der Waals surface area contributed by atoms with Crippen molar-refractivity contribution in [3.63, 3.8) is 0 Å². The molecular formula is C33H34N4O6S. The summed E-state index contributed by atoms with van der Waals surface area (Å²) in [4.78, 5) is 25.2. The second-order valence-electron chi connectivity index (χ2n) is 10.0. The Hall–Kier alpha value is -5.16. The van der Waals surface area contributed by atoms with Crippen LogP contribution in [-0.4, -0.2) is 46.7 Å². The molecule has 0 aromatic heterocycles. The van der Waals surface area contributed by atoms with Crippen LogP contribution in [0.1, 0.15) is 22.3 Å². The summed E-state index contributed by atoms with van der Waals surface area (Å²) in [6.45, 7) is 4.87. The minimum atomic E-state index is -4.05. The van der Waals surface area contributed by atoms with E-state index in [-0.39, 0.29) is 17.4 Å². The minimum absolute atomic E-state index is 0.0841. The van der Waals surface area contributed by atoms with Crippen molar-refractivity contribution in [2.24, 2.45) is 5.10 Å². The maximum absolute atomic E-state index is 13.6. The minimum Gasteiger partial charge on any atom is -0.497 e. The number of hydrazone groups is 1. The third kappa shape index (κ3) is 8.45. The first-order valence-electron chi connectivity index (χ1n) is 13.7. The Labute approximate surface area is 257 Å². The fraction of sp³-hybridized carbons (Fsp3) is 0.182. The van der Waals surface area contributed by atoms with Crippen LogP contribution in [0.3, 0.4) is 0 Å². The first-order chi connectivity index (χ1) is 21.0. The van der Waals surface area contributed by atoms with E-state index in [1.54, 1.807) is 80.8 Å². The zero-order chi connectivity index (χ0) is 31.7. The number of benzene rings is 4. The molecule has 0 fully saturated rings. The van der Waals surface area contributed by atoms with Gasteiger partial charge in [-0.05, 0) is 104 Å². The van der Waals surface area contributed by atoms with E-state index in [0.717, 1.165) is 15.4 Å². The van der Waals surface area contributed by atoms with Crippen molar-refractivity contribution in [1.82, 2.24) is 5.43 Å². The summed E-state index contributed by atoms with van der Waals surface area (Å²) < 4.78 is 39.0. The third-order valence-electron chi connectivity index (χ3n) is 6.56. The molecule has 44 heavy (non-hydrogen) atoms. The number of hydrogen-bond acceptors (Lipinski definition) is 7. The summed E-state index contributed by atoms with van der Waals surface area (Å²) in [5.74, 6) is 0.234. The van der Waals surface area contributed by atoms with Crippen LogP contribution < -0.4 is 24.5 Å². The second kappa shape index (κ2) is 14.3. The monoisotopic (exact) mass is 614 g/mol. The van der Waals surface area contributed by atoms with E-state index in [0.29, 0.717) is 34.0 Å². The van der Waals surface area contributed by atoms with Gasteiger partial charge in [0.05, 0.1) is 23.9 Å². The van der Waals surface area contributed by atoms with Gasteiger partial charge in [0.2, 0.25) is 0 Å². The molecule has 10 nitrogen and oxygen atoms in total. The van der Waals surface area contributed by atoms with Crippen LogP contribution >= 0.6 is 0 Å². The Bertz CT molecular complexity index is 1740. The fourth-order valence-electron chi connectivity index (χ4n) is 4.14. The van der Waals surface area contributed by atoms with Gasteiger partial charge in [0.25, 0.3) is 21.8 Å². The fourth-order valence-corrected chi connectivity index (χ4v) is 5.62. The summed E-state index contributed by atoms with van der Waals surface area (Å²) in [7, 11) is -2.48. The van der Waals surface area contributed by atoms with Gasteiger partial charge in [0, 0.05) is 5.69 Å². The van der Waals surface area contributed by atoms with Crippen LogP contribution in [0.5, 0.6) is 11.5 Å². The Kier molecular flexibility index (Phi) is 10.4. The average Bonchev–Trinajstić information content (AvgIpc) is 3.01. The van der Waals surface area contributed by atoms with E-state index in [2.05, 4.69) is 15.8 Å². The van der Waals surface area contributed by atoms with E-state index in [1.165, 1.54) is 18.3 Å². The Balaban J connectivity index is 1.36. The van der Waals surface area contributed by atoms with E-state index < -0.39 is 22.5 Å². The van der Waals surface area contributed by atoms with Gasteiger partial charge in [-0.15, -0.1) is 0 Å². The molecule has 11 heteroatoms. The van der Waals surface area contributed by atoms with Crippen molar-refractivity contribution in [1.29, 1.82) is 0 Å². The molecule has 0 spiro atoms. The van der Waals surface area contributed by atoms with Crippen molar-refractivity contribution in [2.45, 2.75) is 25.7 Å². The summed E-state index contributed by atoms with van der Waals surface area (Å²) in [6.07, 6.45) is 1.43. The lowest BCUT2D eigenvalue weighted by Gasteiger charge is -2.25. The van der Waals surface area contributed by atoms with Gasteiger partial charge >= 0.3 is 0 Å². The van der Waals surface area contributed by atoms with Crippen molar-refractivity contribution >= 4 is 39.4 Å². The predicted molar refractivity (Wildman–Crippen MR) is 171 cm³/mol. The Morgan fingerprint density at radius 1 is 0.818 bits per heavy atom. The molecular weight excluding hydrogens is 580 g/mol. The number of carbonyl (C=O) groups excluding carboxylic acids is 2. The first kappa shape index (κ1) is 31.8. The molecule has 0 bridgehead atoms. The number of hydrogen-bond donors (Lipinski definition) is 2. The molecule has 0 heterocycles. The summed E-state index contributed by atoms with van der Waals surface area (Å²) in [6, 6.07) is 25.6. The van der Waals surface area contributed by atoms with Gasteiger partial charge in [0.15, 0.2) is 6.61 Å². The lowest BCUT2D eigenvalue weighted by molar-refractivity contribution is -0.119. The van der Waals surface area contributed by atoms with E-state index >= 15 is 0 Å². The van der Waals surface area contributed by atoms with Gasteiger partial charge in [-0.25, -0.2) is 13.8 Å². The molecule has 0 saturated heterocycles. The first-order valence-corrected chi connectivity index (χ1v) is 15.1. The van der Waals surface area contributed by atoms with Crippen LogP contribution in [0.15, 0.2) is 101 Å². The van der Waals surface area contributed by atoms with Crippen LogP contribution in [0.2, 0.25) is 0 Å². The molecule has 0 aliphatic carbocycles. The molecule has 228 valence electrons. The van der Waals surface area contributed by atoms with Crippen LogP contribution in [0.4, 0.5) is 11.4 Å². The standard InChI is InChI=1S/C33H34N4O6S/c1-23-6-17-30(18-7-23)44(40,41)37(31-19-24(2)5-8-25(31)3)21-32(38)36-34-20-26-9-13-29(14-10-26)43-22-33(39)35-27-11-15-28(42-4)16-12-27/h5-20H,21-22H2,1-4H3,(H,35,39)(H,36,38)/b34-20-. The number of aryl methyl sites for hydroxylation is 3. The zero-order valence-corrected chi connectivity index (χ0v) is 25.7. The Morgan fingerprint density at radius 3 is 2.11 bits per heavy atom. The number of nitrogens with zero attached hydrogens (tertiary/aromatic N) is 2.